The highest BCUT2D eigenvalue weighted by Gasteiger charge is 2.24. The van der Waals surface area contributed by atoms with Gasteiger partial charge in [0, 0.05) is 31.7 Å². The third kappa shape index (κ3) is 2.14. The van der Waals surface area contributed by atoms with Crippen molar-refractivity contribution in [1.29, 1.82) is 0 Å². The number of nitrogens with one attached hydrogen (secondary N) is 1. The molecule has 1 fully saturated rings. The summed E-state index contributed by atoms with van der Waals surface area (Å²) in [5.74, 6) is -0.0746. The summed E-state index contributed by atoms with van der Waals surface area (Å²) in [7, 11) is 0. The van der Waals surface area contributed by atoms with Crippen LogP contribution in [-0.4, -0.2) is 35.6 Å². The number of piperazine rings is 1. The second-order valence-electron chi connectivity index (χ2n) is 5.38. The number of rotatable bonds is 2. The average molecular weight is 302 g/mol. The summed E-state index contributed by atoms with van der Waals surface area (Å²) < 4.78 is 25.0. The van der Waals surface area contributed by atoms with Gasteiger partial charge in [-0.3, -0.25) is 0 Å². The van der Waals surface area contributed by atoms with Gasteiger partial charge in [-0.1, -0.05) is 0 Å². The van der Waals surface area contributed by atoms with Gasteiger partial charge in [-0.05, 0) is 13.0 Å². The zero-order valence-electron chi connectivity index (χ0n) is 12.0. The zero-order chi connectivity index (χ0) is 15.1. The molecule has 1 unspecified atom stereocenters. The van der Waals surface area contributed by atoms with Gasteiger partial charge in [-0.2, -0.15) is 4.98 Å². The average Bonchev–Trinajstić information content (AvgIpc) is 3.15. The van der Waals surface area contributed by atoms with Crippen LogP contribution >= 0.6 is 0 Å². The molecule has 0 radical (unpaired) electrons. The van der Waals surface area contributed by atoms with E-state index in [0.29, 0.717) is 28.6 Å². The maximum Gasteiger partial charge on any atom is 0.298 e. The van der Waals surface area contributed by atoms with Crippen molar-refractivity contribution in [2.45, 2.75) is 13.0 Å². The molecule has 1 saturated heterocycles. The number of hydrogen-bond donors (Lipinski definition) is 1. The molecule has 1 N–H and O–H groups in total. The van der Waals surface area contributed by atoms with Crippen LogP contribution in [0, 0.1) is 5.82 Å². The van der Waals surface area contributed by atoms with E-state index in [0.717, 1.165) is 19.6 Å². The summed E-state index contributed by atoms with van der Waals surface area (Å²) >= 11 is 0. The van der Waals surface area contributed by atoms with Crippen LogP contribution in [0.2, 0.25) is 0 Å². The minimum absolute atomic E-state index is 0.261. The van der Waals surface area contributed by atoms with Crippen molar-refractivity contribution in [3.8, 4) is 11.5 Å². The lowest BCUT2D eigenvalue weighted by molar-refractivity contribution is 0.456. The van der Waals surface area contributed by atoms with Crippen LogP contribution in [0.15, 0.2) is 33.4 Å². The van der Waals surface area contributed by atoms with E-state index >= 15 is 0 Å². The number of aromatic nitrogens is 2. The molecule has 0 aliphatic carbocycles. The lowest BCUT2D eigenvalue weighted by atomic mass is 10.2. The highest BCUT2D eigenvalue weighted by Crippen LogP contribution is 2.32. The summed E-state index contributed by atoms with van der Waals surface area (Å²) in [6.45, 7) is 4.62. The predicted octanol–water partition coefficient (Wildman–Crippen LogP) is 2.42. The molecule has 6 nitrogen and oxygen atoms in total. The second-order valence-corrected chi connectivity index (χ2v) is 5.38. The Morgan fingerprint density at radius 1 is 1.41 bits per heavy atom. The third-order valence-corrected chi connectivity index (χ3v) is 3.85. The molecular formula is C15H15FN4O2. The Kier molecular flexibility index (Phi) is 3.07. The SMILES string of the molecule is CC1CNCCN1c1nc2cc(F)cc(-c3ncco3)c2o1. The van der Waals surface area contributed by atoms with Crippen molar-refractivity contribution in [2.24, 2.45) is 0 Å². The Morgan fingerprint density at radius 2 is 2.32 bits per heavy atom. The van der Waals surface area contributed by atoms with Crippen LogP contribution in [0.3, 0.4) is 0 Å². The summed E-state index contributed by atoms with van der Waals surface area (Å²) in [5.41, 5.74) is 1.43. The molecule has 114 valence electrons. The van der Waals surface area contributed by atoms with E-state index < -0.39 is 5.82 Å². The molecule has 2 aromatic heterocycles. The van der Waals surface area contributed by atoms with Crippen LogP contribution < -0.4 is 10.2 Å². The highest BCUT2D eigenvalue weighted by atomic mass is 19.1. The van der Waals surface area contributed by atoms with Gasteiger partial charge < -0.3 is 19.1 Å². The van der Waals surface area contributed by atoms with E-state index in [4.69, 9.17) is 8.83 Å². The van der Waals surface area contributed by atoms with Gasteiger partial charge in [0.15, 0.2) is 5.58 Å². The number of fused-ring (bicyclic) bond motifs is 1. The van der Waals surface area contributed by atoms with Crippen molar-refractivity contribution in [3.63, 3.8) is 0 Å². The maximum absolute atomic E-state index is 13.8. The number of nitrogens with zero attached hydrogens (tertiary/aromatic N) is 3. The monoisotopic (exact) mass is 302 g/mol. The zero-order valence-corrected chi connectivity index (χ0v) is 12.0. The molecule has 1 atom stereocenters. The first kappa shape index (κ1) is 13.3. The lowest BCUT2D eigenvalue weighted by Gasteiger charge is -2.32. The summed E-state index contributed by atoms with van der Waals surface area (Å²) in [4.78, 5) is 10.6. The van der Waals surface area contributed by atoms with E-state index in [1.165, 1.54) is 24.6 Å². The Bertz CT molecular complexity index is 799. The van der Waals surface area contributed by atoms with Gasteiger partial charge in [0.25, 0.3) is 6.01 Å². The van der Waals surface area contributed by atoms with Gasteiger partial charge in [-0.15, -0.1) is 0 Å². The normalized spacial score (nSPS) is 19.0. The van der Waals surface area contributed by atoms with Crippen molar-refractivity contribution in [1.82, 2.24) is 15.3 Å². The van der Waals surface area contributed by atoms with Gasteiger partial charge >= 0.3 is 0 Å². The summed E-state index contributed by atoms with van der Waals surface area (Å²) in [6.07, 6.45) is 2.96. The van der Waals surface area contributed by atoms with Gasteiger partial charge in [0.1, 0.15) is 17.6 Å². The fourth-order valence-electron chi connectivity index (χ4n) is 2.75. The van der Waals surface area contributed by atoms with Gasteiger partial charge in [0.2, 0.25) is 5.89 Å². The molecule has 0 saturated carbocycles. The maximum atomic E-state index is 13.8. The summed E-state index contributed by atoms with van der Waals surface area (Å²) in [5, 5.41) is 3.31. The van der Waals surface area contributed by atoms with Crippen molar-refractivity contribution >= 4 is 17.1 Å². The van der Waals surface area contributed by atoms with Crippen LogP contribution in [0.1, 0.15) is 6.92 Å². The van der Waals surface area contributed by atoms with E-state index in [9.17, 15) is 4.39 Å². The first-order chi connectivity index (χ1) is 10.7. The Balaban J connectivity index is 1.85. The standard InChI is InChI=1S/C15H15FN4O2/c1-9-8-17-2-4-20(9)15-19-12-7-10(16)6-11(13(12)22-15)14-18-3-5-21-14/h3,5-7,9,17H,2,4,8H2,1H3. The van der Waals surface area contributed by atoms with E-state index in [-0.39, 0.29) is 6.04 Å². The molecule has 0 bridgehead atoms. The quantitative estimate of drug-likeness (QED) is 0.784. The van der Waals surface area contributed by atoms with Crippen LogP contribution in [0.25, 0.3) is 22.6 Å². The number of anilines is 1. The number of halogens is 1. The largest absolute Gasteiger partial charge is 0.444 e. The molecule has 1 aliphatic heterocycles. The van der Waals surface area contributed by atoms with Crippen molar-refractivity contribution in [2.75, 3.05) is 24.5 Å². The Labute approximate surface area is 125 Å². The first-order valence-corrected chi connectivity index (χ1v) is 7.19. The van der Waals surface area contributed by atoms with E-state index in [1.54, 1.807) is 0 Å². The number of hydrogen-bond acceptors (Lipinski definition) is 6. The van der Waals surface area contributed by atoms with Crippen LogP contribution in [-0.2, 0) is 0 Å². The molecule has 4 rings (SSSR count). The van der Waals surface area contributed by atoms with Gasteiger partial charge in [0.05, 0.1) is 11.8 Å². The second kappa shape index (κ2) is 5.10. The highest BCUT2D eigenvalue weighted by molar-refractivity contribution is 5.88. The first-order valence-electron chi connectivity index (χ1n) is 7.19. The minimum Gasteiger partial charge on any atom is -0.444 e. The molecule has 0 amide bonds. The topological polar surface area (TPSA) is 67.3 Å². The van der Waals surface area contributed by atoms with E-state index in [2.05, 4.69) is 27.1 Å². The molecule has 22 heavy (non-hydrogen) atoms. The number of oxazole rings is 2. The lowest BCUT2D eigenvalue weighted by Crippen LogP contribution is -2.50. The third-order valence-electron chi connectivity index (χ3n) is 3.85. The molecule has 3 aromatic rings. The summed E-state index contributed by atoms with van der Waals surface area (Å²) in [6, 6.07) is 3.48. The predicted molar refractivity (Wildman–Crippen MR) is 79.1 cm³/mol. The van der Waals surface area contributed by atoms with Crippen molar-refractivity contribution < 1.29 is 13.2 Å². The van der Waals surface area contributed by atoms with Gasteiger partial charge in [-0.25, -0.2) is 9.37 Å². The molecule has 1 aromatic carbocycles. The fourth-order valence-corrected chi connectivity index (χ4v) is 2.75. The Hall–Kier alpha value is -2.41. The fraction of sp³-hybridized carbons (Fsp3) is 0.333. The van der Waals surface area contributed by atoms with Crippen LogP contribution in [0.5, 0.6) is 0 Å². The molecular weight excluding hydrogens is 287 g/mol. The molecule has 1 aliphatic rings. The van der Waals surface area contributed by atoms with E-state index in [1.807, 2.05) is 0 Å². The van der Waals surface area contributed by atoms with Crippen molar-refractivity contribution in [3.05, 3.63) is 30.4 Å². The molecule has 0 spiro atoms. The molecule has 7 heteroatoms. The smallest absolute Gasteiger partial charge is 0.298 e. The molecule has 3 heterocycles. The Morgan fingerprint density at radius 3 is 3.09 bits per heavy atom. The van der Waals surface area contributed by atoms with Crippen LogP contribution in [0.4, 0.5) is 10.4 Å². The number of benzene rings is 1. The minimum atomic E-state index is -0.395.